The van der Waals surface area contributed by atoms with Crippen LogP contribution in [-0.2, 0) is 6.54 Å². The van der Waals surface area contributed by atoms with Crippen LogP contribution in [0.4, 0.5) is 19.0 Å². The summed E-state index contributed by atoms with van der Waals surface area (Å²) in [6.07, 6.45) is -1.07. The van der Waals surface area contributed by atoms with Crippen molar-refractivity contribution in [3.63, 3.8) is 0 Å². The maximum atomic E-state index is 12.9. The van der Waals surface area contributed by atoms with Gasteiger partial charge in [0.05, 0.1) is 17.6 Å². The monoisotopic (exact) mass is 515 g/mol. The molecule has 2 atom stereocenters. The summed E-state index contributed by atoms with van der Waals surface area (Å²) in [5, 5.41) is 6.93. The first-order valence-electron chi connectivity index (χ1n) is 11.8. The zero-order valence-corrected chi connectivity index (χ0v) is 20.2. The van der Waals surface area contributed by atoms with E-state index < -0.39 is 12.3 Å². The lowest BCUT2D eigenvalue weighted by Gasteiger charge is -2.30. The molecule has 37 heavy (non-hydrogen) atoms. The molecular weight excluding hydrogens is 487 g/mol. The Balaban J connectivity index is 1.54. The van der Waals surface area contributed by atoms with Gasteiger partial charge in [0.25, 0.3) is 5.91 Å². The van der Waals surface area contributed by atoms with E-state index in [1.165, 1.54) is 24.3 Å². The van der Waals surface area contributed by atoms with Gasteiger partial charge in [-0.1, -0.05) is 36.6 Å². The Morgan fingerprint density at radius 1 is 1.11 bits per heavy atom. The van der Waals surface area contributed by atoms with Crippen LogP contribution in [0.5, 0.6) is 5.75 Å². The first-order chi connectivity index (χ1) is 17.6. The number of guanidine groups is 1. The topological polar surface area (TPSA) is 141 Å². The zero-order valence-electron chi connectivity index (χ0n) is 20.2. The minimum absolute atomic E-state index is 0.0279. The van der Waals surface area contributed by atoms with E-state index in [0.717, 1.165) is 36.6 Å². The average Bonchev–Trinajstić information content (AvgIpc) is 2.83. The molecule has 2 aromatic carbocycles. The number of alkyl halides is 3. The predicted molar refractivity (Wildman–Crippen MR) is 134 cm³/mol. The molecule has 9 nitrogen and oxygen atoms in total. The molecule has 0 spiro atoms. The SMILES string of the molecule is Cc1ccc2nc(C(=O)NCc3ccc(OC(F)(F)F)cc3)nc(NC3CCCCC3N=C(N)N)c2c1. The highest BCUT2D eigenvalue weighted by molar-refractivity contribution is 5.96. The van der Waals surface area contributed by atoms with E-state index >= 15 is 0 Å². The molecule has 1 saturated carbocycles. The van der Waals surface area contributed by atoms with Gasteiger partial charge < -0.3 is 26.8 Å². The number of carbonyl (C=O) groups excluding carboxylic acids is 1. The first-order valence-corrected chi connectivity index (χ1v) is 11.8. The number of aliphatic imine (C=N–C) groups is 1. The third kappa shape index (κ3) is 6.99. The summed E-state index contributed by atoms with van der Waals surface area (Å²) >= 11 is 0. The van der Waals surface area contributed by atoms with Gasteiger partial charge in [-0.25, -0.2) is 15.0 Å². The van der Waals surface area contributed by atoms with Crippen LogP contribution in [0.1, 0.15) is 47.4 Å². The van der Waals surface area contributed by atoms with Crippen LogP contribution < -0.4 is 26.8 Å². The summed E-state index contributed by atoms with van der Waals surface area (Å²) in [5.41, 5.74) is 13.5. The van der Waals surface area contributed by atoms with Crippen LogP contribution in [0.3, 0.4) is 0 Å². The van der Waals surface area contributed by atoms with Crippen LogP contribution in [-0.4, -0.2) is 40.3 Å². The number of amides is 1. The fraction of sp³-hybridized carbons (Fsp3) is 0.360. The highest BCUT2D eigenvalue weighted by Crippen LogP contribution is 2.28. The lowest BCUT2D eigenvalue weighted by molar-refractivity contribution is -0.274. The zero-order chi connectivity index (χ0) is 26.6. The van der Waals surface area contributed by atoms with E-state index in [9.17, 15) is 18.0 Å². The van der Waals surface area contributed by atoms with Crippen LogP contribution >= 0.6 is 0 Å². The molecule has 4 rings (SSSR count). The van der Waals surface area contributed by atoms with Crippen LogP contribution in [0.2, 0.25) is 0 Å². The maximum absolute atomic E-state index is 12.9. The lowest BCUT2D eigenvalue weighted by atomic mass is 9.90. The van der Waals surface area contributed by atoms with Crippen molar-refractivity contribution in [2.75, 3.05) is 5.32 Å². The third-order valence-electron chi connectivity index (χ3n) is 6.03. The molecular formula is C25H28F3N7O2. The predicted octanol–water partition coefficient (Wildman–Crippen LogP) is 3.76. The molecule has 12 heteroatoms. The number of hydrogen-bond donors (Lipinski definition) is 4. The summed E-state index contributed by atoms with van der Waals surface area (Å²) < 4.78 is 40.9. The smallest absolute Gasteiger partial charge is 0.406 e. The Labute approximate surface area is 211 Å². The Kier molecular flexibility index (Phi) is 7.65. The van der Waals surface area contributed by atoms with Gasteiger partial charge in [-0.05, 0) is 49.6 Å². The average molecular weight is 516 g/mol. The summed E-state index contributed by atoms with van der Waals surface area (Å²) in [6.45, 7) is 2.02. The number of nitrogens with one attached hydrogen (secondary N) is 2. The molecule has 0 bridgehead atoms. The number of fused-ring (bicyclic) bond motifs is 1. The Morgan fingerprint density at radius 2 is 1.84 bits per heavy atom. The van der Waals surface area contributed by atoms with Gasteiger partial charge in [0, 0.05) is 11.9 Å². The number of ether oxygens (including phenoxy) is 1. The molecule has 2 unspecified atom stereocenters. The molecule has 196 valence electrons. The molecule has 0 radical (unpaired) electrons. The van der Waals surface area contributed by atoms with Gasteiger partial charge in [-0.3, -0.25) is 4.79 Å². The van der Waals surface area contributed by atoms with Crippen LogP contribution in [0.15, 0.2) is 47.5 Å². The molecule has 1 aliphatic carbocycles. The van der Waals surface area contributed by atoms with Crippen LogP contribution in [0, 0.1) is 6.92 Å². The van der Waals surface area contributed by atoms with Gasteiger partial charge in [0.15, 0.2) is 5.96 Å². The molecule has 3 aromatic rings. The molecule has 1 heterocycles. The van der Waals surface area contributed by atoms with Gasteiger partial charge in [0.1, 0.15) is 11.6 Å². The van der Waals surface area contributed by atoms with Gasteiger partial charge in [-0.2, -0.15) is 0 Å². The fourth-order valence-corrected chi connectivity index (χ4v) is 4.33. The Bertz CT molecular complexity index is 1290. The van der Waals surface area contributed by atoms with Crippen LogP contribution in [0.25, 0.3) is 10.9 Å². The standard InChI is InChI=1S/C25H28F3N7O2/c1-14-6-11-18-17(12-14)21(33-19-4-2-3-5-20(19)34-24(29)30)35-22(32-18)23(36)31-13-15-7-9-16(10-8-15)37-25(26,27)28/h6-12,19-20H,2-5,13H2,1H3,(H,31,36)(H4,29,30,34)(H,32,33,35). The molecule has 1 aromatic heterocycles. The molecule has 1 fully saturated rings. The third-order valence-corrected chi connectivity index (χ3v) is 6.03. The largest absolute Gasteiger partial charge is 0.573 e. The highest BCUT2D eigenvalue weighted by atomic mass is 19.4. The number of rotatable bonds is 7. The summed E-state index contributed by atoms with van der Waals surface area (Å²) in [5.74, 6) is -0.362. The first kappa shape index (κ1) is 26.0. The van der Waals surface area contributed by atoms with Crippen molar-refractivity contribution in [3.05, 3.63) is 59.4 Å². The molecule has 6 N–H and O–H groups in total. The van der Waals surface area contributed by atoms with E-state index in [1.54, 1.807) is 0 Å². The number of nitrogens with zero attached hydrogens (tertiary/aromatic N) is 3. The number of nitrogens with two attached hydrogens (primary N) is 2. The number of anilines is 1. The van der Waals surface area contributed by atoms with Crippen molar-refractivity contribution in [1.82, 2.24) is 15.3 Å². The van der Waals surface area contributed by atoms with Crippen molar-refractivity contribution in [3.8, 4) is 5.75 Å². The second-order valence-electron chi connectivity index (χ2n) is 8.95. The quantitative estimate of drug-likeness (QED) is 0.277. The van der Waals surface area contributed by atoms with E-state index in [4.69, 9.17) is 11.5 Å². The summed E-state index contributed by atoms with van der Waals surface area (Å²) in [7, 11) is 0. The van der Waals surface area contributed by atoms with E-state index in [-0.39, 0.29) is 36.2 Å². The summed E-state index contributed by atoms with van der Waals surface area (Å²) in [6, 6.07) is 10.7. The van der Waals surface area contributed by atoms with E-state index in [2.05, 4.69) is 30.3 Å². The number of hydrogen-bond acceptors (Lipinski definition) is 6. The molecule has 1 aliphatic rings. The van der Waals surface area contributed by atoms with Crippen molar-refractivity contribution in [1.29, 1.82) is 0 Å². The number of halogens is 3. The van der Waals surface area contributed by atoms with Crippen molar-refractivity contribution >= 4 is 28.6 Å². The summed E-state index contributed by atoms with van der Waals surface area (Å²) in [4.78, 5) is 26.3. The Morgan fingerprint density at radius 3 is 2.54 bits per heavy atom. The minimum Gasteiger partial charge on any atom is -0.406 e. The van der Waals surface area contributed by atoms with E-state index in [0.29, 0.717) is 16.9 Å². The second kappa shape index (κ2) is 10.9. The molecule has 1 amide bonds. The van der Waals surface area contributed by atoms with Crippen molar-refractivity contribution in [2.24, 2.45) is 16.5 Å². The second-order valence-corrected chi connectivity index (χ2v) is 8.95. The number of benzene rings is 2. The highest BCUT2D eigenvalue weighted by Gasteiger charge is 2.31. The maximum Gasteiger partial charge on any atom is 0.573 e. The van der Waals surface area contributed by atoms with Crippen molar-refractivity contribution in [2.45, 2.75) is 57.6 Å². The number of carbonyl (C=O) groups is 1. The lowest BCUT2D eigenvalue weighted by Crippen LogP contribution is -2.38. The van der Waals surface area contributed by atoms with E-state index in [1.807, 2.05) is 25.1 Å². The fourth-order valence-electron chi connectivity index (χ4n) is 4.33. The minimum atomic E-state index is -4.77. The van der Waals surface area contributed by atoms with Gasteiger partial charge in [0.2, 0.25) is 5.82 Å². The van der Waals surface area contributed by atoms with Gasteiger partial charge >= 0.3 is 6.36 Å². The number of aryl methyl sites for hydroxylation is 1. The molecule has 0 saturated heterocycles. The van der Waals surface area contributed by atoms with Crippen molar-refractivity contribution < 1.29 is 22.7 Å². The normalized spacial score (nSPS) is 17.7. The van der Waals surface area contributed by atoms with Gasteiger partial charge in [-0.15, -0.1) is 13.2 Å². The molecule has 0 aliphatic heterocycles. The Hall–Kier alpha value is -4.09. The number of aromatic nitrogens is 2.